The maximum Gasteiger partial charge on any atom is 0.270 e. The zero-order valence-corrected chi connectivity index (χ0v) is 14.6. The minimum absolute atomic E-state index is 0.0413. The van der Waals surface area contributed by atoms with Gasteiger partial charge in [0.1, 0.15) is 11.2 Å². The number of anilines is 1. The Morgan fingerprint density at radius 2 is 2.00 bits per heavy atom. The number of carbonyl (C=O) groups is 1. The fourth-order valence-electron chi connectivity index (χ4n) is 2.72. The molecule has 0 aliphatic heterocycles. The Morgan fingerprint density at radius 1 is 1.15 bits per heavy atom. The van der Waals surface area contributed by atoms with Crippen molar-refractivity contribution < 1.29 is 4.79 Å². The smallest absolute Gasteiger partial charge is 0.270 e. The topological polar surface area (TPSA) is 107 Å². The summed E-state index contributed by atoms with van der Waals surface area (Å²) in [6, 6.07) is 10.6. The number of tetrazole rings is 1. The zero-order valence-electron chi connectivity index (χ0n) is 14.6. The van der Waals surface area contributed by atoms with Gasteiger partial charge in [0.2, 0.25) is 0 Å². The van der Waals surface area contributed by atoms with Crippen molar-refractivity contribution in [3.05, 3.63) is 76.1 Å². The highest BCUT2D eigenvalue weighted by molar-refractivity contribution is 6.04. The van der Waals surface area contributed by atoms with Gasteiger partial charge in [-0.25, -0.2) is 4.98 Å². The normalized spacial score (nSPS) is 10.9. The van der Waals surface area contributed by atoms with E-state index in [9.17, 15) is 9.59 Å². The molecule has 0 saturated carbocycles. The van der Waals surface area contributed by atoms with E-state index in [1.807, 2.05) is 13.0 Å². The fourth-order valence-corrected chi connectivity index (χ4v) is 2.72. The van der Waals surface area contributed by atoms with Crippen molar-refractivity contribution in [2.75, 3.05) is 5.32 Å². The van der Waals surface area contributed by atoms with E-state index in [4.69, 9.17) is 0 Å². The van der Waals surface area contributed by atoms with Gasteiger partial charge in [-0.15, -0.1) is 5.10 Å². The SMILES string of the molecule is Cc1ccn2c(=O)c(C(=O)Nc3cccc(-n4nnnc4C)c3)cnc2c1. The number of pyridine rings is 1. The van der Waals surface area contributed by atoms with Gasteiger partial charge in [0, 0.05) is 18.1 Å². The first kappa shape index (κ1) is 16.6. The fraction of sp³-hybridized carbons (Fsp3) is 0.111. The summed E-state index contributed by atoms with van der Waals surface area (Å²) in [7, 11) is 0. The highest BCUT2D eigenvalue weighted by Crippen LogP contribution is 2.15. The van der Waals surface area contributed by atoms with E-state index in [1.165, 1.54) is 10.6 Å². The third-order valence-corrected chi connectivity index (χ3v) is 4.08. The molecule has 9 nitrogen and oxygen atoms in total. The van der Waals surface area contributed by atoms with Gasteiger partial charge in [-0.1, -0.05) is 6.07 Å². The predicted octanol–water partition coefficient (Wildman–Crippen LogP) is 1.54. The van der Waals surface area contributed by atoms with Crippen molar-refractivity contribution in [3.8, 4) is 5.69 Å². The lowest BCUT2D eigenvalue weighted by Gasteiger charge is -2.08. The van der Waals surface area contributed by atoms with Crippen LogP contribution in [0.2, 0.25) is 0 Å². The Bertz CT molecular complexity index is 1230. The number of amides is 1. The lowest BCUT2D eigenvalue weighted by Crippen LogP contribution is -2.26. The maximum atomic E-state index is 12.6. The molecule has 4 rings (SSSR count). The van der Waals surface area contributed by atoms with Crippen LogP contribution in [0.15, 0.2) is 53.6 Å². The van der Waals surface area contributed by atoms with Crippen LogP contribution in [0.25, 0.3) is 11.3 Å². The van der Waals surface area contributed by atoms with Crippen LogP contribution in [0, 0.1) is 13.8 Å². The molecule has 0 saturated heterocycles. The first-order chi connectivity index (χ1) is 13.0. The van der Waals surface area contributed by atoms with Crippen molar-refractivity contribution in [1.29, 1.82) is 0 Å². The summed E-state index contributed by atoms with van der Waals surface area (Å²) in [5, 5.41) is 14.1. The van der Waals surface area contributed by atoms with E-state index in [-0.39, 0.29) is 5.56 Å². The molecule has 0 spiro atoms. The van der Waals surface area contributed by atoms with Crippen LogP contribution in [0.4, 0.5) is 5.69 Å². The van der Waals surface area contributed by atoms with Gasteiger partial charge in [0.15, 0.2) is 5.82 Å². The first-order valence-corrected chi connectivity index (χ1v) is 8.18. The summed E-state index contributed by atoms with van der Waals surface area (Å²) in [4.78, 5) is 29.4. The van der Waals surface area contributed by atoms with Crippen LogP contribution in [0.3, 0.4) is 0 Å². The Hall–Kier alpha value is -3.88. The minimum atomic E-state index is -0.534. The van der Waals surface area contributed by atoms with Gasteiger partial charge in [-0.05, 0) is 60.2 Å². The van der Waals surface area contributed by atoms with Crippen molar-refractivity contribution >= 4 is 17.2 Å². The minimum Gasteiger partial charge on any atom is -0.322 e. The summed E-state index contributed by atoms with van der Waals surface area (Å²) in [5.74, 6) is 0.0822. The number of hydrogen-bond donors (Lipinski definition) is 1. The second-order valence-corrected chi connectivity index (χ2v) is 6.05. The molecule has 0 aliphatic rings. The third-order valence-electron chi connectivity index (χ3n) is 4.08. The van der Waals surface area contributed by atoms with Gasteiger partial charge in [0.05, 0.1) is 5.69 Å². The molecule has 0 fully saturated rings. The van der Waals surface area contributed by atoms with E-state index in [0.717, 1.165) is 5.56 Å². The van der Waals surface area contributed by atoms with Gasteiger partial charge in [-0.2, -0.15) is 4.68 Å². The zero-order chi connectivity index (χ0) is 19.0. The van der Waals surface area contributed by atoms with Gasteiger partial charge >= 0.3 is 0 Å². The number of rotatable bonds is 3. The van der Waals surface area contributed by atoms with Crippen molar-refractivity contribution in [2.45, 2.75) is 13.8 Å². The monoisotopic (exact) mass is 361 g/mol. The number of aromatic nitrogens is 6. The van der Waals surface area contributed by atoms with E-state index < -0.39 is 11.5 Å². The number of aryl methyl sites for hydroxylation is 2. The largest absolute Gasteiger partial charge is 0.322 e. The van der Waals surface area contributed by atoms with Crippen LogP contribution in [0.1, 0.15) is 21.7 Å². The van der Waals surface area contributed by atoms with Crippen LogP contribution in [0.5, 0.6) is 0 Å². The lowest BCUT2D eigenvalue weighted by molar-refractivity contribution is 0.102. The molecule has 0 unspecified atom stereocenters. The highest BCUT2D eigenvalue weighted by Gasteiger charge is 2.14. The Kier molecular flexibility index (Phi) is 3.96. The number of fused-ring (bicyclic) bond motifs is 1. The number of hydrogen-bond acceptors (Lipinski definition) is 6. The van der Waals surface area contributed by atoms with Gasteiger partial charge in [0.25, 0.3) is 11.5 Å². The van der Waals surface area contributed by atoms with Crippen LogP contribution in [-0.4, -0.2) is 35.5 Å². The molecule has 134 valence electrons. The number of carbonyl (C=O) groups excluding carboxylic acids is 1. The molecule has 1 N–H and O–H groups in total. The summed E-state index contributed by atoms with van der Waals surface area (Å²) >= 11 is 0. The molecule has 1 aromatic carbocycles. The van der Waals surface area contributed by atoms with Crippen molar-refractivity contribution in [3.63, 3.8) is 0 Å². The molecule has 9 heteroatoms. The van der Waals surface area contributed by atoms with E-state index in [0.29, 0.717) is 22.8 Å². The maximum absolute atomic E-state index is 12.6. The van der Waals surface area contributed by atoms with Crippen LogP contribution in [-0.2, 0) is 0 Å². The summed E-state index contributed by atoms with van der Waals surface area (Å²) in [5.41, 5.74) is 2.21. The summed E-state index contributed by atoms with van der Waals surface area (Å²) < 4.78 is 2.90. The second-order valence-electron chi connectivity index (χ2n) is 6.05. The van der Waals surface area contributed by atoms with Crippen molar-refractivity contribution in [1.82, 2.24) is 29.6 Å². The molecule has 3 heterocycles. The predicted molar refractivity (Wildman–Crippen MR) is 98.0 cm³/mol. The standard InChI is InChI=1S/C18H15N7O2/c1-11-6-7-24-16(8-11)19-10-15(18(24)27)17(26)20-13-4-3-5-14(9-13)25-12(2)21-22-23-25/h3-10H,1-2H3,(H,20,26). The molecule has 0 bridgehead atoms. The van der Waals surface area contributed by atoms with E-state index >= 15 is 0 Å². The second kappa shape index (κ2) is 6.45. The van der Waals surface area contributed by atoms with Crippen LogP contribution < -0.4 is 10.9 Å². The highest BCUT2D eigenvalue weighted by atomic mass is 16.2. The van der Waals surface area contributed by atoms with E-state index in [2.05, 4.69) is 25.8 Å². The molecule has 27 heavy (non-hydrogen) atoms. The van der Waals surface area contributed by atoms with Crippen molar-refractivity contribution in [2.24, 2.45) is 0 Å². The first-order valence-electron chi connectivity index (χ1n) is 8.18. The quantitative estimate of drug-likeness (QED) is 0.593. The van der Waals surface area contributed by atoms with Gasteiger partial charge in [-0.3, -0.25) is 14.0 Å². The summed E-state index contributed by atoms with van der Waals surface area (Å²) in [6.07, 6.45) is 2.90. The Labute approximate surface area is 153 Å². The molecular weight excluding hydrogens is 346 g/mol. The molecule has 0 radical (unpaired) electrons. The van der Waals surface area contributed by atoms with Crippen LogP contribution >= 0.6 is 0 Å². The number of nitrogens with zero attached hydrogens (tertiary/aromatic N) is 6. The number of benzene rings is 1. The molecular formula is C18H15N7O2. The summed E-state index contributed by atoms with van der Waals surface area (Å²) in [6.45, 7) is 3.68. The number of nitrogens with one attached hydrogen (secondary N) is 1. The van der Waals surface area contributed by atoms with Gasteiger partial charge < -0.3 is 5.32 Å². The molecule has 0 atom stereocenters. The Balaban J connectivity index is 1.66. The average molecular weight is 361 g/mol. The molecule has 1 amide bonds. The van der Waals surface area contributed by atoms with E-state index in [1.54, 1.807) is 48.1 Å². The molecule has 4 aromatic rings. The Morgan fingerprint density at radius 3 is 2.78 bits per heavy atom. The molecule has 0 aliphatic carbocycles. The lowest BCUT2D eigenvalue weighted by atomic mass is 10.2. The third kappa shape index (κ3) is 3.06. The molecule has 3 aromatic heterocycles. The average Bonchev–Trinajstić information content (AvgIpc) is 3.08.